The van der Waals surface area contributed by atoms with Gasteiger partial charge in [0.05, 0.1) is 8.95 Å². The van der Waals surface area contributed by atoms with Crippen LogP contribution in [0.4, 0.5) is 11.4 Å². The minimum absolute atomic E-state index is 0.246. The molecule has 0 amide bonds. The standard InChI is InChI=1S/C27H24Br2N2O2/c1-27(2,17-3-13-25(23(28)15-17)32-21-9-5-19(30)6-10-21)18-4-14-26(24(29)16-18)33-22-11-7-20(31)8-12-22/h3-16H,30-31H2,1-2H3. The maximum atomic E-state index is 6.00. The summed E-state index contributed by atoms with van der Waals surface area (Å²) < 4.78 is 13.8. The van der Waals surface area contributed by atoms with Gasteiger partial charge in [-0.05, 0) is 116 Å². The molecule has 168 valence electrons. The van der Waals surface area contributed by atoms with Crippen LogP contribution in [0.1, 0.15) is 25.0 Å². The second-order valence-corrected chi connectivity index (χ2v) is 9.97. The maximum Gasteiger partial charge on any atom is 0.141 e. The third-order valence-corrected chi connectivity index (χ3v) is 6.76. The lowest BCUT2D eigenvalue weighted by molar-refractivity contribution is 0.478. The molecular weight excluding hydrogens is 544 g/mol. The molecule has 0 fully saturated rings. The van der Waals surface area contributed by atoms with E-state index in [9.17, 15) is 0 Å². The Bertz CT molecular complexity index is 1170. The molecule has 0 unspecified atom stereocenters. The van der Waals surface area contributed by atoms with Crippen LogP contribution in [0.3, 0.4) is 0 Å². The van der Waals surface area contributed by atoms with E-state index in [0.717, 1.165) is 43.1 Å². The molecule has 0 atom stereocenters. The van der Waals surface area contributed by atoms with Crippen LogP contribution in [-0.4, -0.2) is 0 Å². The van der Waals surface area contributed by atoms with Gasteiger partial charge in [-0.3, -0.25) is 0 Å². The van der Waals surface area contributed by atoms with Gasteiger partial charge in [0.1, 0.15) is 23.0 Å². The minimum atomic E-state index is -0.246. The van der Waals surface area contributed by atoms with Crippen molar-refractivity contribution in [1.29, 1.82) is 0 Å². The van der Waals surface area contributed by atoms with Gasteiger partial charge in [-0.2, -0.15) is 0 Å². The van der Waals surface area contributed by atoms with Crippen LogP contribution in [0.25, 0.3) is 0 Å². The van der Waals surface area contributed by atoms with Gasteiger partial charge in [0.2, 0.25) is 0 Å². The number of benzene rings is 4. The molecule has 0 aliphatic carbocycles. The fourth-order valence-electron chi connectivity index (χ4n) is 3.44. The molecule has 0 saturated carbocycles. The van der Waals surface area contributed by atoms with Crippen molar-refractivity contribution in [1.82, 2.24) is 0 Å². The zero-order valence-corrected chi connectivity index (χ0v) is 21.5. The SMILES string of the molecule is CC(C)(c1ccc(Oc2ccc(N)cc2)c(Br)c1)c1ccc(Oc2ccc(N)cc2)c(Br)c1. The summed E-state index contributed by atoms with van der Waals surface area (Å²) in [5.74, 6) is 2.95. The van der Waals surface area contributed by atoms with Crippen molar-refractivity contribution in [3.63, 3.8) is 0 Å². The number of halogens is 2. The van der Waals surface area contributed by atoms with Crippen LogP contribution in [0.2, 0.25) is 0 Å². The third-order valence-electron chi connectivity index (χ3n) is 5.52. The molecular formula is C27H24Br2N2O2. The molecule has 0 saturated heterocycles. The first-order valence-corrected chi connectivity index (χ1v) is 12.0. The summed E-state index contributed by atoms with van der Waals surface area (Å²) in [5, 5.41) is 0. The van der Waals surface area contributed by atoms with Gasteiger partial charge < -0.3 is 20.9 Å². The van der Waals surface area contributed by atoms with Crippen LogP contribution in [0.5, 0.6) is 23.0 Å². The van der Waals surface area contributed by atoms with Gasteiger partial charge in [0.15, 0.2) is 0 Å². The number of hydrogen-bond donors (Lipinski definition) is 2. The summed E-state index contributed by atoms with van der Waals surface area (Å²) in [6.45, 7) is 4.38. The number of ether oxygens (including phenoxy) is 2. The van der Waals surface area contributed by atoms with Gasteiger partial charge in [-0.1, -0.05) is 26.0 Å². The highest BCUT2D eigenvalue weighted by Crippen LogP contribution is 2.40. The van der Waals surface area contributed by atoms with Crippen LogP contribution >= 0.6 is 31.9 Å². The van der Waals surface area contributed by atoms with Crippen LogP contribution < -0.4 is 20.9 Å². The summed E-state index contributed by atoms with van der Waals surface area (Å²) >= 11 is 7.33. The summed E-state index contributed by atoms with van der Waals surface area (Å²) in [5.41, 5.74) is 15.0. The summed E-state index contributed by atoms with van der Waals surface area (Å²) in [6, 6.07) is 27.0. The van der Waals surface area contributed by atoms with Crippen LogP contribution in [0, 0.1) is 0 Å². The zero-order chi connectivity index (χ0) is 23.6. The molecule has 0 radical (unpaired) electrons. The Morgan fingerprint density at radius 3 is 1.27 bits per heavy atom. The monoisotopic (exact) mass is 566 g/mol. The highest BCUT2D eigenvalue weighted by atomic mass is 79.9. The Labute approximate surface area is 210 Å². The first-order valence-electron chi connectivity index (χ1n) is 10.4. The van der Waals surface area contributed by atoms with E-state index in [1.54, 1.807) is 0 Å². The molecule has 33 heavy (non-hydrogen) atoms. The predicted octanol–water partition coefficient (Wildman–Crippen LogP) is 8.29. The van der Waals surface area contributed by atoms with Gasteiger partial charge in [0.25, 0.3) is 0 Å². The second kappa shape index (κ2) is 9.49. The summed E-state index contributed by atoms with van der Waals surface area (Å²) in [6.07, 6.45) is 0. The Hall–Kier alpha value is -2.96. The van der Waals surface area contributed by atoms with E-state index in [2.05, 4.69) is 70.0 Å². The van der Waals surface area contributed by atoms with E-state index in [-0.39, 0.29) is 5.41 Å². The van der Waals surface area contributed by atoms with Gasteiger partial charge in [-0.15, -0.1) is 0 Å². The van der Waals surface area contributed by atoms with Gasteiger partial charge in [0, 0.05) is 16.8 Å². The summed E-state index contributed by atoms with van der Waals surface area (Å²) in [4.78, 5) is 0. The Balaban J connectivity index is 1.55. The lowest BCUT2D eigenvalue weighted by atomic mass is 9.78. The number of rotatable bonds is 6. The molecule has 6 heteroatoms. The normalized spacial score (nSPS) is 11.3. The average Bonchev–Trinajstić information content (AvgIpc) is 2.79. The van der Waals surface area contributed by atoms with Crippen molar-refractivity contribution >= 4 is 43.2 Å². The number of nitrogens with two attached hydrogens (primary N) is 2. The fourth-order valence-corrected chi connectivity index (χ4v) is 4.36. The van der Waals surface area contributed by atoms with Crippen LogP contribution in [0.15, 0.2) is 93.9 Å². The Kier molecular flexibility index (Phi) is 6.68. The lowest BCUT2D eigenvalue weighted by Gasteiger charge is -2.27. The first kappa shape index (κ1) is 23.2. The molecule has 0 heterocycles. The molecule has 0 aromatic heterocycles. The smallest absolute Gasteiger partial charge is 0.141 e. The van der Waals surface area contributed by atoms with E-state index in [4.69, 9.17) is 20.9 Å². The quantitative estimate of drug-likeness (QED) is 0.230. The van der Waals surface area contributed by atoms with Crippen molar-refractivity contribution < 1.29 is 9.47 Å². The van der Waals surface area contributed by atoms with Crippen molar-refractivity contribution in [2.24, 2.45) is 0 Å². The molecule has 4 nitrogen and oxygen atoms in total. The predicted molar refractivity (Wildman–Crippen MR) is 142 cm³/mol. The second-order valence-electron chi connectivity index (χ2n) is 8.26. The fraction of sp³-hybridized carbons (Fsp3) is 0.111. The van der Waals surface area contributed by atoms with Crippen molar-refractivity contribution in [2.45, 2.75) is 19.3 Å². The molecule has 4 rings (SSSR count). The van der Waals surface area contributed by atoms with Gasteiger partial charge in [-0.25, -0.2) is 0 Å². The molecule has 0 aliphatic rings. The minimum Gasteiger partial charge on any atom is -0.456 e. The third kappa shape index (κ3) is 5.34. The van der Waals surface area contributed by atoms with Crippen LogP contribution in [-0.2, 0) is 5.41 Å². The topological polar surface area (TPSA) is 70.5 Å². The summed E-state index contributed by atoms with van der Waals surface area (Å²) in [7, 11) is 0. The molecule has 0 bridgehead atoms. The molecule has 0 aliphatic heterocycles. The highest BCUT2D eigenvalue weighted by molar-refractivity contribution is 9.10. The Morgan fingerprint density at radius 2 is 0.939 bits per heavy atom. The first-order chi connectivity index (χ1) is 15.7. The van der Waals surface area contributed by atoms with E-state index in [0.29, 0.717) is 11.4 Å². The van der Waals surface area contributed by atoms with E-state index < -0.39 is 0 Å². The van der Waals surface area contributed by atoms with E-state index >= 15 is 0 Å². The lowest BCUT2D eigenvalue weighted by Crippen LogP contribution is -2.19. The Morgan fingerprint density at radius 1 is 0.576 bits per heavy atom. The zero-order valence-electron chi connectivity index (χ0n) is 18.3. The highest BCUT2D eigenvalue weighted by Gasteiger charge is 2.25. The average molecular weight is 568 g/mol. The van der Waals surface area contributed by atoms with Crippen molar-refractivity contribution in [2.75, 3.05) is 11.5 Å². The number of hydrogen-bond acceptors (Lipinski definition) is 4. The number of anilines is 2. The van der Waals surface area contributed by atoms with Crippen molar-refractivity contribution in [3.8, 4) is 23.0 Å². The van der Waals surface area contributed by atoms with Gasteiger partial charge >= 0.3 is 0 Å². The largest absolute Gasteiger partial charge is 0.456 e. The van der Waals surface area contributed by atoms with E-state index in [1.807, 2.05) is 60.7 Å². The van der Waals surface area contributed by atoms with E-state index in [1.165, 1.54) is 0 Å². The maximum absolute atomic E-state index is 6.00. The molecule has 4 aromatic rings. The molecule has 0 spiro atoms. The molecule has 4 aromatic carbocycles. The number of nitrogen functional groups attached to an aromatic ring is 2. The van der Waals surface area contributed by atoms with Crippen molar-refractivity contribution in [3.05, 3.63) is 105 Å². The molecule has 4 N–H and O–H groups in total.